The molecular weight excluding hydrogens is 414 g/mol. The number of piperidine rings is 1. The van der Waals surface area contributed by atoms with Crippen molar-refractivity contribution in [1.29, 1.82) is 0 Å². The second kappa shape index (κ2) is 7.72. The summed E-state index contributed by atoms with van der Waals surface area (Å²) in [4.78, 5) is 30.9. The zero-order valence-electron chi connectivity index (χ0n) is 19.8. The third kappa shape index (κ3) is 3.09. The Balaban J connectivity index is 1.23. The number of hydrogen-bond donors (Lipinski definition) is 2. The van der Waals surface area contributed by atoms with Crippen LogP contribution in [0.25, 0.3) is 0 Å². The Bertz CT molecular complexity index is 973. The molecule has 3 amide bonds. The fourth-order valence-corrected chi connectivity index (χ4v) is 8.42. The predicted molar refractivity (Wildman–Crippen MR) is 126 cm³/mol. The zero-order valence-corrected chi connectivity index (χ0v) is 19.8. The molecule has 1 spiro atoms. The fourth-order valence-electron chi connectivity index (χ4n) is 8.42. The van der Waals surface area contributed by atoms with Gasteiger partial charge in [0, 0.05) is 18.5 Å². The van der Waals surface area contributed by atoms with Crippen molar-refractivity contribution >= 4 is 11.9 Å². The maximum absolute atomic E-state index is 13.9. The number of nitrogens with one attached hydrogen (secondary N) is 1. The van der Waals surface area contributed by atoms with Crippen LogP contribution in [0.2, 0.25) is 0 Å². The molecule has 0 bridgehead atoms. The van der Waals surface area contributed by atoms with Gasteiger partial charge in [0.15, 0.2) is 0 Å². The van der Waals surface area contributed by atoms with Gasteiger partial charge in [0.2, 0.25) is 0 Å². The highest BCUT2D eigenvalue weighted by molar-refractivity contribution is 6.08. The smallest absolute Gasteiger partial charge is 0.325 e. The van der Waals surface area contributed by atoms with Crippen molar-refractivity contribution in [1.82, 2.24) is 15.1 Å². The van der Waals surface area contributed by atoms with E-state index in [1.165, 1.54) is 35.3 Å². The molecule has 6 heteroatoms. The van der Waals surface area contributed by atoms with Crippen molar-refractivity contribution in [3.8, 4) is 5.75 Å². The largest absolute Gasteiger partial charge is 0.508 e. The van der Waals surface area contributed by atoms with Crippen molar-refractivity contribution in [3.63, 3.8) is 0 Å². The summed E-state index contributed by atoms with van der Waals surface area (Å²) in [6.45, 7) is 5.76. The summed E-state index contributed by atoms with van der Waals surface area (Å²) in [6, 6.07) is 5.72. The number of carbonyl (C=O) groups is 2. The van der Waals surface area contributed by atoms with Crippen molar-refractivity contribution in [2.24, 2.45) is 17.3 Å². The van der Waals surface area contributed by atoms with Crippen molar-refractivity contribution in [2.75, 3.05) is 26.2 Å². The maximum atomic E-state index is 13.9. The number of nitrogens with zero attached hydrogens (tertiary/aromatic N) is 2. The number of likely N-dealkylation sites (tertiary alicyclic amines) is 1. The van der Waals surface area contributed by atoms with Crippen LogP contribution in [0.3, 0.4) is 0 Å². The number of imide groups is 1. The first-order valence-corrected chi connectivity index (χ1v) is 13.1. The summed E-state index contributed by atoms with van der Waals surface area (Å²) in [5, 5.41) is 13.2. The molecule has 4 unspecified atom stereocenters. The van der Waals surface area contributed by atoms with E-state index in [4.69, 9.17) is 0 Å². The van der Waals surface area contributed by atoms with Gasteiger partial charge >= 0.3 is 6.03 Å². The second-order valence-electron chi connectivity index (χ2n) is 11.5. The van der Waals surface area contributed by atoms with Gasteiger partial charge in [0.1, 0.15) is 11.3 Å². The van der Waals surface area contributed by atoms with Crippen LogP contribution in [0.5, 0.6) is 5.75 Å². The molecular formula is C27H37N3O3. The molecule has 0 aromatic heterocycles. The monoisotopic (exact) mass is 451 g/mol. The lowest BCUT2D eigenvalue weighted by Crippen LogP contribution is -2.60. The summed E-state index contributed by atoms with van der Waals surface area (Å²) in [5.74, 6) is 1.90. The van der Waals surface area contributed by atoms with Gasteiger partial charge < -0.3 is 15.3 Å². The first kappa shape index (κ1) is 21.5. The van der Waals surface area contributed by atoms with Crippen LogP contribution >= 0.6 is 0 Å². The standard InChI is InChI=1S/C27H37N3O3/c1-26-11-9-21-20-8-6-19(31)17-18(20)5-7-22(21)23(26)10-12-27(26)24(32)30(25(33)28-27)16-15-29-13-3-2-4-14-29/h6,8,17,21-23,31H,2-5,7,9-16H2,1H3,(H,28,33)/t21?,22?,23?,26-,27?/m0/s1. The third-order valence-corrected chi connectivity index (χ3v) is 10.2. The summed E-state index contributed by atoms with van der Waals surface area (Å²) in [6.07, 6.45) is 9.62. The highest BCUT2D eigenvalue weighted by Gasteiger charge is 2.69. The molecule has 6 rings (SSSR count). The lowest BCUT2D eigenvalue weighted by atomic mass is 9.52. The van der Waals surface area contributed by atoms with Crippen LogP contribution < -0.4 is 5.32 Å². The predicted octanol–water partition coefficient (Wildman–Crippen LogP) is 4.02. The normalized spacial score (nSPS) is 38.2. The van der Waals surface area contributed by atoms with Crippen LogP contribution in [-0.4, -0.2) is 58.6 Å². The number of rotatable bonds is 3. The number of fused-ring (bicyclic) bond motifs is 6. The number of phenolic OH excluding ortho intramolecular Hbond substituents is 1. The Kier molecular flexibility index (Phi) is 5.02. The van der Waals surface area contributed by atoms with Crippen molar-refractivity contribution in [3.05, 3.63) is 29.3 Å². The summed E-state index contributed by atoms with van der Waals surface area (Å²) in [7, 11) is 0. The molecule has 2 saturated carbocycles. The highest BCUT2D eigenvalue weighted by Crippen LogP contribution is 2.65. The van der Waals surface area contributed by atoms with Gasteiger partial charge in [0.05, 0.1) is 0 Å². The van der Waals surface area contributed by atoms with Gasteiger partial charge in [-0.3, -0.25) is 9.69 Å². The summed E-state index contributed by atoms with van der Waals surface area (Å²) in [5.41, 5.74) is 1.78. The van der Waals surface area contributed by atoms with E-state index in [1.807, 2.05) is 12.1 Å². The molecule has 0 radical (unpaired) electrons. The average Bonchev–Trinajstić information content (AvgIpc) is 3.25. The number of phenols is 1. The minimum absolute atomic E-state index is 0.0362. The number of aryl methyl sites for hydroxylation is 1. The van der Waals surface area contributed by atoms with Gasteiger partial charge in [0.25, 0.3) is 5.91 Å². The average molecular weight is 452 g/mol. The molecule has 5 atom stereocenters. The minimum atomic E-state index is -0.725. The molecule has 2 saturated heterocycles. The number of carbonyl (C=O) groups excluding carboxylic acids is 2. The Morgan fingerprint density at radius 3 is 2.70 bits per heavy atom. The van der Waals surface area contributed by atoms with Crippen LogP contribution in [-0.2, 0) is 11.2 Å². The molecule has 33 heavy (non-hydrogen) atoms. The summed E-state index contributed by atoms with van der Waals surface area (Å²) < 4.78 is 0. The van der Waals surface area contributed by atoms with E-state index in [1.54, 1.807) is 0 Å². The maximum Gasteiger partial charge on any atom is 0.325 e. The van der Waals surface area contributed by atoms with Crippen LogP contribution in [0.15, 0.2) is 18.2 Å². The van der Waals surface area contributed by atoms with E-state index in [2.05, 4.69) is 23.2 Å². The Hall–Kier alpha value is -2.08. The molecule has 2 N–H and O–H groups in total. The first-order valence-electron chi connectivity index (χ1n) is 13.1. The fraction of sp³-hybridized carbons (Fsp3) is 0.704. The third-order valence-electron chi connectivity index (χ3n) is 10.2. The number of hydrogen-bond acceptors (Lipinski definition) is 4. The molecule has 5 aliphatic rings. The van der Waals surface area contributed by atoms with Crippen LogP contribution in [0, 0.1) is 17.3 Å². The highest BCUT2D eigenvalue weighted by atomic mass is 16.3. The van der Waals surface area contributed by atoms with Gasteiger partial charge in [-0.15, -0.1) is 0 Å². The van der Waals surface area contributed by atoms with Crippen molar-refractivity contribution < 1.29 is 14.7 Å². The number of aromatic hydroxyl groups is 1. The van der Waals surface area contributed by atoms with Gasteiger partial charge in [-0.05, 0) is 105 Å². The van der Waals surface area contributed by atoms with E-state index in [-0.39, 0.29) is 17.4 Å². The molecule has 4 fully saturated rings. The SMILES string of the molecule is C[C@]12CCC3c4ccc(O)cc4CCC3C1CCC21NC(=O)N(CCN2CCCCC2)C1=O. The second-order valence-corrected chi connectivity index (χ2v) is 11.5. The van der Waals surface area contributed by atoms with E-state index in [9.17, 15) is 14.7 Å². The molecule has 1 aromatic rings. The van der Waals surface area contributed by atoms with Crippen LogP contribution in [0.1, 0.15) is 75.3 Å². The first-order chi connectivity index (χ1) is 15.9. The van der Waals surface area contributed by atoms with Gasteiger partial charge in [-0.2, -0.15) is 0 Å². The zero-order chi connectivity index (χ0) is 22.8. The van der Waals surface area contributed by atoms with Crippen LogP contribution in [0.4, 0.5) is 4.79 Å². The molecule has 2 heterocycles. The lowest BCUT2D eigenvalue weighted by molar-refractivity contribution is -0.137. The molecule has 1 aromatic carbocycles. The Labute approximate surface area is 196 Å². The molecule has 178 valence electrons. The quantitative estimate of drug-likeness (QED) is 0.681. The van der Waals surface area contributed by atoms with Gasteiger partial charge in [-0.1, -0.05) is 19.4 Å². The van der Waals surface area contributed by atoms with Gasteiger partial charge in [-0.25, -0.2) is 4.79 Å². The topological polar surface area (TPSA) is 72.9 Å². The molecule has 6 nitrogen and oxygen atoms in total. The lowest BCUT2D eigenvalue weighted by Gasteiger charge is -2.53. The van der Waals surface area contributed by atoms with E-state index < -0.39 is 5.54 Å². The Morgan fingerprint density at radius 1 is 1.06 bits per heavy atom. The molecule has 2 aliphatic heterocycles. The van der Waals surface area contributed by atoms with E-state index in [0.29, 0.717) is 30.0 Å². The number of amides is 3. The number of urea groups is 1. The molecule has 3 aliphatic carbocycles. The minimum Gasteiger partial charge on any atom is -0.508 e. The van der Waals surface area contributed by atoms with E-state index in [0.717, 1.165) is 58.2 Å². The number of benzene rings is 1. The Morgan fingerprint density at radius 2 is 1.88 bits per heavy atom. The summed E-state index contributed by atoms with van der Waals surface area (Å²) >= 11 is 0. The van der Waals surface area contributed by atoms with E-state index >= 15 is 0 Å². The van der Waals surface area contributed by atoms with Crippen molar-refractivity contribution in [2.45, 2.75) is 76.2 Å².